The largest absolute Gasteiger partial charge is 0.496 e. The van der Waals surface area contributed by atoms with Crippen LogP contribution in [0.5, 0.6) is 5.75 Å². The van der Waals surface area contributed by atoms with E-state index in [1.807, 2.05) is 51.1 Å². The molecule has 284 valence electrons. The van der Waals surface area contributed by atoms with E-state index in [0.717, 1.165) is 49.4 Å². The predicted molar refractivity (Wildman–Crippen MR) is 212 cm³/mol. The quantitative estimate of drug-likeness (QED) is 0.205. The van der Waals surface area contributed by atoms with Gasteiger partial charge in [0.15, 0.2) is 5.78 Å². The third-order valence-corrected chi connectivity index (χ3v) is 10.9. The Hall–Kier alpha value is -3.51. The topological polar surface area (TPSA) is 120 Å². The van der Waals surface area contributed by atoms with Gasteiger partial charge in [-0.25, -0.2) is 9.97 Å². The van der Waals surface area contributed by atoms with Gasteiger partial charge in [-0.15, -0.1) is 12.4 Å². The summed E-state index contributed by atoms with van der Waals surface area (Å²) < 4.78 is 5.73. The Labute approximate surface area is 319 Å². The van der Waals surface area contributed by atoms with Gasteiger partial charge in [0.25, 0.3) is 0 Å². The Morgan fingerprint density at radius 3 is 2.35 bits per heavy atom. The molecule has 2 aliphatic rings. The highest BCUT2D eigenvalue weighted by Crippen LogP contribution is 2.36. The number of anilines is 3. The molecule has 2 fully saturated rings. The molecule has 1 amide bonds. The molecular weight excluding hydrogens is 701 g/mol. The molecule has 0 radical (unpaired) electrons. The molecule has 1 aromatic heterocycles. The van der Waals surface area contributed by atoms with Gasteiger partial charge in [-0.05, 0) is 70.3 Å². The lowest BCUT2D eigenvalue weighted by Crippen LogP contribution is -2.49. The normalized spacial score (nSPS) is 17.9. The number of carbonyl (C=O) groups excluding carboxylic acids is 3. The highest BCUT2D eigenvalue weighted by Gasteiger charge is 2.42. The van der Waals surface area contributed by atoms with E-state index in [1.54, 1.807) is 26.0 Å². The van der Waals surface area contributed by atoms with Crippen molar-refractivity contribution in [2.24, 2.45) is 11.3 Å². The predicted octanol–water partition coefficient (Wildman–Crippen LogP) is 6.32. The molecule has 0 saturated carbocycles. The van der Waals surface area contributed by atoms with Crippen molar-refractivity contribution in [1.82, 2.24) is 25.1 Å². The number of rotatable bonds is 13. The molecule has 3 aromatic rings. The first-order valence-corrected chi connectivity index (χ1v) is 18.5. The molecule has 2 aliphatic heterocycles. The van der Waals surface area contributed by atoms with Crippen molar-refractivity contribution in [2.45, 2.75) is 85.4 Å². The first-order chi connectivity index (χ1) is 24.2. The lowest BCUT2D eigenvalue weighted by Gasteiger charge is -2.38. The number of piperazine rings is 1. The van der Waals surface area contributed by atoms with E-state index in [2.05, 4.69) is 44.2 Å². The monoisotopic (exact) mass is 755 g/mol. The second-order valence-electron chi connectivity index (χ2n) is 15.2. The average molecular weight is 757 g/mol. The van der Waals surface area contributed by atoms with Crippen molar-refractivity contribution in [3.05, 3.63) is 47.2 Å². The Balaban J connectivity index is 0.00000605. The number of amides is 1. The van der Waals surface area contributed by atoms with Crippen molar-refractivity contribution in [1.29, 1.82) is 0 Å². The van der Waals surface area contributed by atoms with Crippen molar-refractivity contribution in [3.8, 4) is 5.75 Å². The van der Waals surface area contributed by atoms with E-state index in [0.29, 0.717) is 46.7 Å². The van der Waals surface area contributed by atoms with Gasteiger partial charge in [-0.1, -0.05) is 32.4 Å². The number of halogens is 2. The first kappa shape index (κ1) is 41.2. The van der Waals surface area contributed by atoms with E-state index in [9.17, 15) is 14.4 Å². The summed E-state index contributed by atoms with van der Waals surface area (Å²) in [6.07, 6.45) is 3.00. The van der Waals surface area contributed by atoms with Gasteiger partial charge in [-0.2, -0.15) is 0 Å². The van der Waals surface area contributed by atoms with Crippen LogP contribution in [0.2, 0.25) is 5.02 Å². The van der Waals surface area contributed by atoms with Crippen LogP contribution in [0.4, 0.5) is 17.2 Å². The van der Waals surface area contributed by atoms with E-state index in [1.165, 1.54) is 6.33 Å². The highest BCUT2D eigenvalue weighted by molar-refractivity contribution is 6.33. The Kier molecular flexibility index (Phi) is 13.9. The van der Waals surface area contributed by atoms with E-state index in [4.69, 9.17) is 16.3 Å². The number of benzene rings is 2. The summed E-state index contributed by atoms with van der Waals surface area (Å²) in [6, 6.07) is 9.28. The van der Waals surface area contributed by atoms with Crippen LogP contribution in [-0.2, 0) is 20.8 Å². The van der Waals surface area contributed by atoms with Crippen LogP contribution in [0.15, 0.2) is 36.7 Å². The Morgan fingerprint density at radius 1 is 1.02 bits per heavy atom. The second-order valence-corrected chi connectivity index (χ2v) is 15.7. The lowest BCUT2D eigenvalue weighted by atomic mass is 9.76. The fraction of sp³-hybridized carbons (Fsp3) is 0.564. The molecule has 3 heterocycles. The summed E-state index contributed by atoms with van der Waals surface area (Å²) >= 11 is 6.82. The minimum absolute atomic E-state index is 0. The van der Waals surface area contributed by atoms with Crippen LogP contribution in [-0.4, -0.2) is 102 Å². The van der Waals surface area contributed by atoms with Gasteiger partial charge in [-0.3, -0.25) is 19.3 Å². The third-order valence-electron chi connectivity index (χ3n) is 10.6. The lowest BCUT2D eigenvalue weighted by molar-refractivity contribution is -0.145. The number of aromatic nitrogens is 2. The number of ketones is 2. The van der Waals surface area contributed by atoms with E-state index < -0.39 is 17.4 Å². The standard InChI is InChI=1S/C39H54ClN7O4.ClH/c1-24(2)45-14-16-46(17-15-45)32-12-11-27(20-30(32)40)44-37-28-18-26(36(51-8)22-31(28)42-23-43-37)19-35(49)33-10-9-13-47(33)38(50)29(39(4,5)6)21-34(48)25(3)41-7;/h11-12,18,20,22-25,29,33,41H,9-10,13-17,19,21H2,1-8H3,(H,42,43,44);1H/t25-,29+,33-;/m0./s1. The van der Waals surface area contributed by atoms with Gasteiger partial charge in [0, 0.05) is 80.2 Å². The fourth-order valence-corrected chi connectivity index (χ4v) is 7.49. The summed E-state index contributed by atoms with van der Waals surface area (Å²) in [5.74, 6) is 0.371. The Morgan fingerprint density at radius 2 is 1.73 bits per heavy atom. The summed E-state index contributed by atoms with van der Waals surface area (Å²) in [4.78, 5) is 56.5. The molecule has 0 unspecified atom stereocenters. The van der Waals surface area contributed by atoms with Crippen LogP contribution in [0.1, 0.15) is 66.4 Å². The average Bonchev–Trinajstić information content (AvgIpc) is 3.60. The molecule has 0 spiro atoms. The maximum Gasteiger partial charge on any atom is 0.227 e. The number of hydrogen-bond donors (Lipinski definition) is 2. The third kappa shape index (κ3) is 9.34. The molecule has 2 saturated heterocycles. The van der Waals surface area contributed by atoms with Gasteiger partial charge in [0.1, 0.15) is 23.7 Å². The maximum absolute atomic E-state index is 14.0. The number of Topliss-reactive ketones (excluding diaryl/α,β-unsaturated/α-hetero) is 2. The second kappa shape index (κ2) is 17.5. The maximum atomic E-state index is 14.0. The minimum atomic E-state index is -0.571. The van der Waals surface area contributed by atoms with Crippen LogP contribution >= 0.6 is 24.0 Å². The zero-order valence-corrected chi connectivity index (χ0v) is 33.4. The van der Waals surface area contributed by atoms with E-state index in [-0.39, 0.29) is 48.8 Å². The fourth-order valence-electron chi connectivity index (χ4n) is 7.19. The molecular formula is C39H55Cl2N7O4. The number of nitrogens with one attached hydrogen (secondary N) is 2. The molecule has 0 aliphatic carbocycles. The summed E-state index contributed by atoms with van der Waals surface area (Å²) in [5, 5.41) is 7.79. The van der Waals surface area contributed by atoms with Crippen molar-refractivity contribution >= 4 is 69.6 Å². The number of ether oxygens (including phenoxy) is 1. The van der Waals surface area contributed by atoms with Gasteiger partial charge >= 0.3 is 0 Å². The number of methoxy groups -OCH3 is 1. The molecule has 2 aromatic carbocycles. The molecule has 11 nitrogen and oxygen atoms in total. The van der Waals surface area contributed by atoms with Crippen molar-refractivity contribution < 1.29 is 19.1 Å². The number of likely N-dealkylation sites (N-methyl/N-ethyl adjacent to an activating group) is 1. The SMILES string of the molecule is CN[C@@H](C)C(=O)C[C@H](C(=O)N1CCC[C@H]1C(=O)Cc1cc2c(Nc3ccc(N4CCN(C(C)C)CC4)c(Cl)c3)ncnc2cc1OC)C(C)(C)C.Cl. The number of fused-ring (bicyclic) bond motifs is 1. The first-order valence-electron chi connectivity index (χ1n) is 18.1. The molecule has 52 heavy (non-hydrogen) atoms. The van der Waals surface area contributed by atoms with Crippen LogP contribution in [0.3, 0.4) is 0 Å². The van der Waals surface area contributed by atoms with Gasteiger partial charge < -0.3 is 25.2 Å². The summed E-state index contributed by atoms with van der Waals surface area (Å²) in [5.41, 5.74) is 2.70. The number of carbonyl (C=O) groups is 3. The molecule has 2 N–H and O–H groups in total. The number of likely N-dealkylation sites (tertiary alicyclic amines) is 1. The van der Waals surface area contributed by atoms with Gasteiger partial charge in [0.05, 0.1) is 35.4 Å². The molecule has 13 heteroatoms. The zero-order valence-electron chi connectivity index (χ0n) is 31.8. The van der Waals surface area contributed by atoms with Crippen LogP contribution in [0, 0.1) is 11.3 Å². The van der Waals surface area contributed by atoms with Crippen LogP contribution in [0.25, 0.3) is 10.9 Å². The number of nitrogens with zero attached hydrogens (tertiary/aromatic N) is 5. The molecule has 3 atom stereocenters. The summed E-state index contributed by atoms with van der Waals surface area (Å²) in [7, 11) is 3.31. The van der Waals surface area contributed by atoms with Crippen molar-refractivity contribution in [2.75, 3.05) is 57.1 Å². The Bertz CT molecular complexity index is 1740. The zero-order chi connectivity index (χ0) is 37.0. The smallest absolute Gasteiger partial charge is 0.227 e. The van der Waals surface area contributed by atoms with Crippen LogP contribution < -0.4 is 20.3 Å². The summed E-state index contributed by atoms with van der Waals surface area (Å²) in [6.45, 7) is 16.5. The van der Waals surface area contributed by atoms with Gasteiger partial charge in [0.2, 0.25) is 5.91 Å². The van der Waals surface area contributed by atoms with Crippen molar-refractivity contribution in [3.63, 3.8) is 0 Å². The van der Waals surface area contributed by atoms with E-state index >= 15 is 0 Å². The minimum Gasteiger partial charge on any atom is -0.496 e. The molecule has 5 rings (SSSR count). The number of hydrogen-bond acceptors (Lipinski definition) is 10. The highest BCUT2D eigenvalue weighted by atomic mass is 35.5. The molecule has 0 bridgehead atoms.